The minimum atomic E-state index is 0.176. The molecular weight excluding hydrogens is 284 g/mol. The van der Waals surface area contributed by atoms with Crippen LogP contribution in [-0.4, -0.2) is 36.5 Å². The number of hydrogen-bond acceptors (Lipinski definition) is 2. The largest absolute Gasteiger partial charge is 0.352 e. The van der Waals surface area contributed by atoms with E-state index in [4.69, 9.17) is 0 Å². The Morgan fingerprint density at radius 3 is 2.57 bits per heavy atom. The number of carbonyl (C=O) groups excluding carboxylic acids is 1. The van der Waals surface area contributed by atoms with Gasteiger partial charge in [-0.25, -0.2) is 0 Å². The lowest BCUT2D eigenvalue weighted by Gasteiger charge is -2.33. The second kappa shape index (κ2) is 7.96. The number of piperidine rings is 1. The zero-order chi connectivity index (χ0) is 16.9. The molecule has 0 aliphatic carbocycles. The minimum Gasteiger partial charge on any atom is -0.352 e. The average molecular weight is 316 g/mol. The summed E-state index contributed by atoms with van der Waals surface area (Å²) >= 11 is 0. The number of nitrogens with zero attached hydrogens (tertiary/aromatic N) is 1. The van der Waals surface area contributed by atoms with Crippen LogP contribution in [0.15, 0.2) is 24.3 Å². The van der Waals surface area contributed by atoms with Crippen molar-refractivity contribution in [2.45, 2.75) is 64.8 Å². The van der Waals surface area contributed by atoms with Gasteiger partial charge in [0.2, 0.25) is 5.91 Å². The quantitative estimate of drug-likeness (QED) is 0.901. The van der Waals surface area contributed by atoms with E-state index < -0.39 is 0 Å². The Bertz CT molecular complexity index is 501. The molecule has 0 aromatic heterocycles. The molecule has 3 nitrogen and oxygen atoms in total. The summed E-state index contributed by atoms with van der Waals surface area (Å²) in [4.78, 5) is 14.0. The van der Waals surface area contributed by atoms with Crippen LogP contribution in [-0.2, 0) is 16.6 Å². The summed E-state index contributed by atoms with van der Waals surface area (Å²) in [5.74, 6) is 0.176. The molecule has 1 aliphatic rings. The molecule has 0 radical (unpaired) electrons. The first-order valence-electron chi connectivity index (χ1n) is 8.99. The Balaban J connectivity index is 1.82. The first-order valence-corrected chi connectivity index (χ1v) is 8.99. The van der Waals surface area contributed by atoms with Gasteiger partial charge in [-0.2, -0.15) is 0 Å². The van der Waals surface area contributed by atoms with Crippen molar-refractivity contribution in [2.75, 3.05) is 19.6 Å². The van der Waals surface area contributed by atoms with E-state index in [1.807, 2.05) is 6.92 Å². The van der Waals surface area contributed by atoms with Crippen molar-refractivity contribution in [1.29, 1.82) is 0 Å². The summed E-state index contributed by atoms with van der Waals surface area (Å²) in [5, 5.41) is 3.14. The van der Waals surface area contributed by atoms with Crippen molar-refractivity contribution in [3.8, 4) is 0 Å². The predicted molar refractivity (Wildman–Crippen MR) is 96.7 cm³/mol. The zero-order valence-electron chi connectivity index (χ0n) is 15.2. The van der Waals surface area contributed by atoms with Crippen molar-refractivity contribution < 1.29 is 4.79 Å². The van der Waals surface area contributed by atoms with Crippen LogP contribution in [0.1, 0.15) is 58.1 Å². The third-order valence-electron chi connectivity index (χ3n) is 4.73. The van der Waals surface area contributed by atoms with Crippen LogP contribution in [0.25, 0.3) is 0 Å². The molecule has 0 bridgehead atoms. The number of carbonyl (C=O) groups is 1. The minimum absolute atomic E-state index is 0.176. The summed E-state index contributed by atoms with van der Waals surface area (Å²) in [6, 6.07) is 9.38. The van der Waals surface area contributed by atoms with Crippen LogP contribution in [0.5, 0.6) is 0 Å². The molecule has 1 N–H and O–H groups in total. The van der Waals surface area contributed by atoms with Gasteiger partial charge in [0.1, 0.15) is 0 Å². The van der Waals surface area contributed by atoms with Crippen LogP contribution in [0.4, 0.5) is 0 Å². The summed E-state index contributed by atoms with van der Waals surface area (Å²) in [6.45, 7) is 11.9. The fourth-order valence-electron chi connectivity index (χ4n) is 3.16. The van der Waals surface area contributed by atoms with Crippen molar-refractivity contribution in [3.05, 3.63) is 35.4 Å². The summed E-state index contributed by atoms with van der Waals surface area (Å²) in [6.07, 6.45) is 3.95. The molecule has 23 heavy (non-hydrogen) atoms. The fraction of sp³-hybridized carbons (Fsp3) is 0.650. The molecule has 1 saturated heterocycles. The molecule has 1 atom stereocenters. The van der Waals surface area contributed by atoms with Crippen molar-refractivity contribution in [2.24, 2.45) is 0 Å². The highest BCUT2D eigenvalue weighted by atomic mass is 16.1. The Morgan fingerprint density at radius 2 is 1.96 bits per heavy atom. The molecular formula is C20H32N2O. The van der Waals surface area contributed by atoms with E-state index in [9.17, 15) is 4.79 Å². The summed E-state index contributed by atoms with van der Waals surface area (Å²) < 4.78 is 0. The maximum atomic E-state index is 11.5. The molecule has 128 valence electrons. The maximum Gasteiger partial charge on any atom is 0.219 e. The van der Waals surface area contributed by atoms with Crippen molar-refractivity contribution in [1.82, 2.24) is 10.2 Å². The van der Waals surface area contributed by atoms with Crippen LogP contribution in [0.2, 0.25) is 0 Å². The molecule has 0 spiro atoms. The lowest BCUT2D eigenvalue weighted by molar-refractivity contribution is -0.121. The highest BCUT2D eigenvalue weighted by Crippen LogP contribution is 2.22. The number of hydrogen-bond donors (Lipinski definition) is 1. The number of amides is 1. The Kier molecular flexibility index (Phi) is 6.23. The monoisotopic (exact) mass is 316 g/mol. The standard InChI is InChI=1S/C20H32N2O/c1-5-19(23)21-18-7-6-13-22(15-18)14-12-16-8-10-17(11-9-16)20(2,3)4/h8-11,18H,5-7,12-15H2,1-4H3,(H,21,23)/t18-/m1/s1. The van der Waals surface area contributed by atoms with Crippen LogP contribution in [0, 0.1) is 0 Å². The third kappa shape index (κ3) is 5.65. The normalized spacial score (nSPS) is 19.6. The topological polar surface area (TPSA) is 32.3 Å². The summed E-state index contributed by atoms with van der Waals surface area (Å²) in [7, 11) is 0. The van der Waals surface area contributed by atoms with E-state index in [1.165, 1.54) is 17.5 Å². The van der Waals surface area contributed by atoms with E-state index in [2.05, 4.69) is 55.3 Å². The highest BCUT2D eigenvalue weighted by Gasteiger charge is 2.20. The van der Waals surface area contributed by atoms with Gasteiger partial charge < -0.3 is 10.2 Å². The molecule has 1 fully saturated rings. The molecule has 2 rings (SSSR count). The smallest absolute Gasteiger partial charge is 0.219 e. The first-order chi connectivity index (χ1) is 10.9. The van der Waals surface area contributed by atoms with Crippen LogP contribution in [0.3, 0.4) is 0 Å². The van der Waals surface area contributed by atoms with Gasteiger partial charge >= 0.3 is 0 Å². The average Bonchev–Trinajstić information content (AvgIpc) is 2.53. The van der Waals surface area contributed by atoms with Gasteiger partial charge in [-0.05, 0) is 42.3 Å². The number of rotatable bonds is 5. The van der Waals surface area contributed by atoms with Crippen molar-refractivity contribution in [3.63, 3.8) is 0 Å². The molecule has 0 saturated carbocycles. The van der Waals surface area contributed by atoms with E-state index in [0.29, 0.717) is 12.5 Å². The first kappa shape index (κ1) is 18.0. The van der Waals surface area contributed by atoms with Gasteiger partial charge in [-0.3, -0.25) is 4.79 Å². The maximum absolute atomic E-state index is 11.5. The molecule has 1 heterocycles. The van der Waals surface area contributed by atoms with Crippen LogP contribution >= 0.6 is 0 Å². The van der Waals surface area contributed by atoms with Crippen LogP contribution < -0.4 is 5.32 Å². The van der Waals surface area contributed by atoms with Gasteiger partial charge in [0.05, 0.1) is 0 Å². The fourth-order valence-corrected chi connectivity index (χ4v) is 3.16. The van der Waals surface area contributed by atoms with Gasteiger partial charge in [0.15, 0.2) is 0 Å². The Hall–Kier alpha value is -1.35. The number of nitrogens with one attached hydrogen (secondary N) is 1. The van der Waals surface area contributed by atoms with E-state index >= 15 is 0 Å². The zero-order valence-corrected chi connectivity index (χ0v) is 15.2. The highest BCUT2D eigenvalue weighted by molar-refractivity contribution is 5.75. The SMILES string of the molecule is CCC(=O)N[C@@H]1CCCN(CCc2ccc(C(C)(C)C)cc2)C1. The summed E-state index contributed by atoms with van der Waals surface area (Å²) in [5.41, 5.74) is 3.01. The molecule has 3 heteroatoms. The van der Waals surface area contributed by atoms with E-state index in [-0.39, 0.29) is 11.3 Å². The van der Waals surface area contributed by atoms with Gasteiger partial charge in [-0.15, -0.1) is 0 Å². The lowest BCUT2D eigenvalue weighted by Crippen LogP contribution is -2.48. The Morgan fingerprint density at radius 1 is 1.26 bits per heavy atom. The second-order valence-electron chi connectivity index (χ2n) is 7.76. The van der Waals surface area contributed by atoms with Gasteiger partial charge in [-0.1, -0.05) is 52.0 Å². The molecule has 1 amide bonds. The molecule has 1 aliphatic heterocycles. The van der Waals surface area contributed by atoms with E-state index in [0.717, 1.165) is 32.5 Å². The van der Waals surface area contributed by atoms with E-state index in [1.54, 1.807) is 0 Å². The van der Waals surface area contributed by atoms with Crippen molar-refractivity contribution >= 4 is 5.91 Å². The molecule has 1 aromatic rings. The Labute approximate surface area is 141 Å². The predicted octanol–water partition coefficient (Wildman–Crippen LogP) is 3.52. The number of likely N-dealkylation sites (tertiary alicyclic amines) is 1. The lowest BCUT2D eigenvalue weighted by atomic mass is 9.86. The third-order valence-corrected chi connectivity index (χ3v) is 4.73. The number of benzene rings is 1. The molecule has 1 aromatic carbocycles. The van der Waals surface area contributed by atoms with Gasteiger partial charge in [0.25, 0.3) is 0 Å². The molecule has 0 unspecified atom stereocenters. The van der Waals surface area contributed by atoms with Gasteiger partial charge in [0, 0.05) is 25.6 Å². The second-order valence-corrected chi connectivity index (χ2v) is 7.76.